The molecule has 0 aliphatic carbocycles. The average molecular weight is 441 g/mol. The van der Waals surface area contributed by atoms with Gasteiger partial charge in [-0.1, -0.05) is 30.3 Å². The first-order valence-electron chi connectivity index (χ1n) is 10.3. The van der Waals surface area contributed by atoms with Crippen LogP contribution in [0.15, 0.2) is 77.2 Å². The van der Waals surface area contributed by atoms with Crippen molar-refractivity contribution in [1.29, 1.82) is 0 Å². The Morgan fingerprint density at radius 3 is 2.39 bits per heavy atom. The van der Waals surface area contributed by atoms with Gasteiger partial charge in [-0.15, -0.1) is 0 Å². The van der Waals surface area contributed by atoms with Gasteiger partial charge in [0.1, 0.15) is 5.58 Å². The van der Waals surface area contributed by atoms with Gasteiger partial charge >= 0.3 is 0 Å². The van der Waals surface area contributed by atoms with Gasteiger partial charge in [0.2, 0.25) is 11.7 Å². The zero-order valence-corrected chi connectivity index (χ0v) is 18.5. The molecule has 1 heterocycles. The number of rotatable bonds is 7. The summed E-state index contributed by atoms with van der Waals surface area (Å²) in [5.74, 6) is 0.719. The van der Waals surface area contributed by atoms with E-state index in [1.807, 2.05) is 43.3 Å². The summed E-state index contributed by atoms with van der Waals surface area (Å²) in [4.78, 5) is 25.4. The van der Waals surface area contributed by atoms with Crippen LogP contribution in [0.5, 0.6) is 11.5 Å². The molecule has 4 rings (SSSR count). The summed E-state index contributed by atoms with van der Waals surface area (Å²) in [6.07, 6.45) is 3.21. The fourth-order valence-corrected chi connectivity index (χ4v) is 3.55. The first-order chi connectivity index (χ1) is 16.0. The highest BCUT2D eigenvalue weighted by molar-refractivity contribution is 6.11. The number of aryl methyl sites for hydroxylation is 1. The molecule has 4 aromatic rings. The average Bonchev–Trinajstić information content (AvgIpc) is 3.18. The fraction of sp³-hybridized carbons (Fsp3) is 0.111. The Labute approximate surface area is 191 Å². The molecular weight excluding hydrogens is 418 g/mol. The molecule has 6 nitrogen and oxygen atoms in total. The maximum atomic E-state index is 13.1. The van der Waals surface area contributed by atoms with Crippen LogP contribution in [0.2, 0.25) is 0 Å². The molecule has 166 valence electrons. The van der Waals surface area contributed by atoms with Crippen molar-refractivity contribution in [2.75, 3.05) is 19.5 Å². The zero-order valence-electron chi connectivity index (χ0n) is 18.5. The minimum Gasteiger partial charge on any atom is -0.493 e. The first kappa shape index (κ1) is 21.9. The van der Waals surface area contributed by atoms with Gasteiger partial charge in [-0.2, -0.15) is 0 Å². The summed E-state index contributed by atoms with van der Waals surface area (Å²) in [6.45, 7) is 1.83. The van der Waals surface area contributed by atoms with E-state index in [1.165, 1.54) is 20.3 Å². The van der Waals surface area contributed by atoms with Crippen LogP contribution in [-0.2, 0) is 4.79 Å². The third kappa shape index (κ3) is 4.65. The SMILES string of the molecule is COc1ccc(C(=O)c2oc3cc(NC(=O)C=Cc4ccccc4)ccc3c2C)cc1OC. The highest BCUT2D eigenvalue weighted by Crippen LogP contribution is 2.32. The predicted octanol–water partition coefficient (Wildman–Crippen LogP) is 5.64. The van der Waals surface area contributed by atoms with Gasteiger partial charge in [0.05, 0.1) is 14.2 Å². The zero-order chi connectivity index (χ0) is 23.4. The molecule has 0 fully saturated rings. The van der Waals surface area contributed by atoms with Crippen molar-refractivity contribution in [2.45, 2.75) is 6.92 Å². The van der Waals surface area contributed by atoms with Crippen molar-refractivity contribution < 1.29 is 23.5 Å². The highest BCUT2D eigenvalue weighted by atomic mass is 16.5. The van der Waals surface area contributed by atoms with Crippen molar-refractivity contribution in [3.8, 4) is 11.5 Å². The van der Waals surface area contributed by atoms with Gasteiger partial charge in [-0.25, -0.2) is 0 Å². The lowest BCUT2D eigenvalue weighted by Gasteiger charge is -2.08. The molecule has 0 atom stereocenters. The molecule has 0 bridgehead atoms. The molecule has 0 radical (unpaired) electrons. The quantitative estimate of drug-likeness (QED) is 0.297. The first-order valence-corrected chi connectivity index (χ1v) is 10.3. The highest BCUT2D eigenvalue weighted by Gasteiger charge is 2.21. The lowest BCUT2D eigenvalue weighted by Crippen LogP contribution is -2.07. The number of anilines is 1. The minimum atomic E-state index is -0.263. The Hall–Kier alpha value is -4.32. The van der Waals surface area contributed by atoms with Crippen molar-refractivity contribution in [3.05, 3.63) is 95.3 Å². The van der Waals surface area contributed by atoms with Crippen LogP contribution in [0.1, 0.15) is 27.2 Å². The summed E-state index contributed by atoms with van der Waals surface area (Å²) in [5, 5.41) is 3.62. The minimum absolute atomic E-state index is 0.240. The van der Waals surface area contributed by atoms with Crippen molar-refractivity contribution in [3.63, 3.8) is 0 Å². The normalized spacial score (nSPS) is 11.0. The van der Waals surface area contributed by atoms with Crippen LogP contribution in [0.25, 0.3) is 17.0 Å². The molecular formula is C27H23NO5. The Morgan fingerprint density at radius 1 is 0.909 bits per heavy atom. The van der Waals surface area contributed by atoms with E-state index in [1.54, 1.807) is 36.4 Å². The molecule has 1 N–H and O–H groups in total. The second-order valence-electron chi connectivity index (χ2n) is 7.40. The van der Waals surface area contributed by atoms with Crippen molar-refractivity contribution in [2.24, 2.45) is 0 Å². The van der Waals surface area contributed by atoms with E-state index in [9.17, 15) is 9.59 Å². The molecule has 3 aromatic carbocycles. The number of fused-ring (bicyclic) bond motifs is 1. The number of hydrogen-bond acceptors (Lipinski definition) is 5. The molecule has 0 aliphatic heterocycles. The number of benzene rings is 3. The lowest BCUT2D eigenvalue weighted by molar-refractivity contribution is -0.111. The second-order valence-corrected chi connectivity index (χ2v) is 7.40. The van der Waals surface area contributed by atoms with E-state index in [0.29, 0.717) is 28.3 Å². The van der Waals surface area contributed by atoms with Gasteiger partial charge < -0.3 is 19.2 Å². The maximum Gasteiger partial charge on any atom is 0.248 e. The molecule has 0 aliphatic rings. The number of hydrogen-bond donors (Lipinski definition) is 1. The number of methoxy groups -OCH3 is 2. The molecule has 0 spiro atoms. The molecule has 33 heavy (non-hydrogen) atoms. The molecule has 1 aromatic heterocycles. The maximum absolute atomic E-state index is 13.1. The summed E-state index contributed by atoms with van der Waals surface area (Å²) < 4.78 is 16.4. The van der Waals surface area contributed by atoms with Crippen molar-refractivity contribution >= 4 is 34.4 Å². The lowest BCUT2D eigenvalue weighted by atomic mass is 10.0. The molecule has 0 saturated carbocycles. The molecule has 1 amide bonds. The van der Waals surface area contributed by atoms with Crippen LogP contribution in [-0.4, -0.2) is 25.9 Å². The number of amides is 1. The van der Waals surface area contributed by atoms with Gasteiger partial charge in [0, 0.05) is 34.3 Å². The predicted molar refractivity (Wildman–Crippen MR) is 128 cm³/mol. The Balaban J connectivity index is 1.57. The standard InChI is InChI=1S/C27H23NO5/c1-17-21-12-11-20(28-25(29)14-9-18-7-5-4-6-8-18)16-23(21)33-27(17)26(30)19-10-13-22(31-2)24(15-19)32-3/h4-16H,1-3H3,(H,28,29). The van der Waals surface area contributed by atoms with Crippen molar-refractivity contribution in [1.82, 2.24) is 0 Å². The van der Waals surface area contributed by atoms with E-state index >= 15 is 0 Å². The van der Waals surface area contributed by atoms with Crippen LogP contribution in [0, 0.1) is 6.92 Å². The van der Waals surface area contributed by atoms with E-state index in [-0.39, 0.29) is 17.5 Å². The van der Waals surface area contributed by atoms with E-state index < -0.39 is 0 Å². The largest absolute Gasteiger partial charge is 0.493 e. The topological polar surface area (TPSA) is 77.8 Å². The summed E-state index contributed by atoms with van der Waals surface area (Å²) in [6, 6.07) is 19.9. The monoisotopic (exact) mass is 441 g/mol. The number of ketones is 1. The number of nitrogens with one attached hydrogen (secondary N) is 1. The van der Waals surface area contributed by atoms with Gasteiger partial charge in [-0.3, -0.25) is 9.59 Å². The van der Waals surface area contributed by atoms with Crippen LogP contribution in [0.4, 0.5) is 5.69 Å². The molecule has 6 heteroatoms. The van der Waals surface area contributed by atoms with E-state index in [4.69, 9.17) is 13.9 Å². The number of furan rings is 1. The van der Waals surface area contributed by atoms with Crippen LogP contribution >= 0.6 is 0 Å². The Bertz CT molecular complexity index is 1350. The molecule has 0 unspecified atom stereocenters. The summed E-state index contributed by atoms with van der Waals surface area (Å²) >= 11 is 0. The fourth-order valence-electron chi connectivity index (χ4n) is 3.55. The van der Waals surface area contributed by atoms with Gasteiger partial charge in [-0.05, 0) is 48.9 Å². The third-order valence-corrected chi connectivity index (χ3v) is 5.28. The van der Waals surface area contributed by atoms with E-state index in [2.05, 4.69) is 5.32 Å². The number of carbonyl (C=O) groups excluding carboxylic acids is 2. The number of ether oxygens (including phenoxy) is 2. The summed E-state index contributed by atoms with van der Waals surface area (Å²) in [7, 11) is 3.06. The van der Waals surface area contributed by atoms with Gasteiger partial charge in [0.25, 0.3) is 0 Å². The third-order valence-electron chi connectivity index (χ3n) is 5.28. The second kappa shape index (κ2) is 9.44. The van der Waals surface area contributed by atoms with Gasteiger partial charge in [0.15, 0.2) is 17.3 Å². The Kier molecular flexibility index (Phi) is 6.26. The van der Waals surface area contributed by atoms with Crippen LogP contribution < -0.4 is 14.8 Å². The van der Waals surface area contributed by atoms with Crippen LogP contribution in [0.3, 0.4) is 0 Å². The number of carbonyl (C=O) groups is 2. The van der Waals surface area contributed by atoms with E-state index in [0.717, 1.165) is 16.5 Å². The smallest absolute Gasteiger partial charge is 0.248 e. The summed E-state index contributed by atoms with van der Waals surface area (Å²) in [5.41, 5.74) is 3.18. The Morgan fingerprint density at radius 2 is 1.67 bits per heavy atom. The molecule has 0 saturated heterocycles.